The molecule has 0 aliphatic carbocycles. The number of anilines is 1. The molecule has 7 heteroatoms. The molecule has 1 atom stereocenters. The van der Waals surface area contributed by atoms with Gasteiger partial charge in [0.2, 0.25) is 0 Å². The van der Waals surface area contributed by atoms with Crippen molar-refractivity contribution in [2.24, 2.45) is 0 Å². The molecule has 2 rings (SSSR count). The molecule has 21 heavy (non-hydrogen) atoms. The summed E-state index contributed by atoms with van der Waals surface area (Å²) in [6.07, 6.45) is 1.62. The Bertz CT molecular complexity index is 673. The van der Waals surface area contributed by atoms with Gasteiger partial charge in [0.05, 0.1) is 22.2 Å². The Balaban J connectivity index is 2.21. The largest absolute Gasteiger partial charge is 0.398 e. The molecule has 0 radical (unpaired) electrons. The predicted molar refractivity (Wildman–Crippen MR) is 77.6 cm³/mol. The summed E-state index contributed by atoms with van der Waals surface area (Å²) in [7, 11) is 0. The second-order valence-corrected chi connectivity index (χ2v) is 4.48. The van der Waals surface area contributed by atoms with Crippen molar-refractivity contribution in [3.05, 3.63) is 64.0 Å². The van der Waals surface area contributed by atoms with E-state index in [-0.39, 0.29) is 23.0 Å². The second-order valence-electron chi connectivity index (χ2n) is 4.48. The highest BCUT2D eigenvalue weighted by atomic mass is 16.6. The fourth-order valence-corrected chi connectivity index (χ4v) is 1.83. The van der Waals surface area contributed by atoms with E-state index in [9.17, 15) is 14.9 Å². The maximum absolute atomic E-state index is 12.2. The molecule has 2 aromatic rings. The number of amides is 1. The summed E-state index contributed by atoms with van der Waals surface area (Å²) in [5.41, 5.74) is 6.48. The van der Waals surface area contributed by atoms with Crippen molar-refractivity contribution >= 4 is 17.3 Å². The van der Waals surface area contributed by atoms with Gasteiger partial charge in [-0.1, -0.05) is 6.07 Å². The predicted octanol–water partition coefficient (Wildman–Crippen LogP) is 2.06. The van der Waals surface area contributed by atoms with Gasteiger partial charge in [-0.25, -0.2) is 0 Å². The maximum atomic E-state index is 12.2. The van der Waals surface area contributed by atoms with Crippen LogP contribution in [-0.2, 0) is 0 Å². The molecule has 0 bridgehead atoms. The van der Waals surface area contributed by atoms with Gasteiger partial charge in [-0.3, -0.25) is 19.9 Å². The number of nitro benzene ring substituents is 1. The first-order valence-corrected chi connectivity index (χ1v) is 6.24. The van der Waals surface area contributed by atoms with Crippen LogP contribution in [0.3, 0.4) is 0 Å². The van der Waals surface area contributed by atoms with Crippen molar-refractivity contribution in [2.75, 3.05) is 5.73 Å². The quantitative estimate of drug-likeness (QED) is 0.507. The van der Waals surface area contributed by atoms with Crippen molar-refractivity contribution in [3.8, 4) is 0 Å². The van der Waals surface area contributed by atoms with Crippen LogP contribution in [0.1, 0.15) is 29.0 Å². The molecule has 108 valence electrons. The highest BCUT2D eigenvalue weighted by molar-refractivity contribution is 5.99. The van der Waals surface area contributed by atoms with Crippen LogP contribution in [0.2, 0.25) is 0 Å². The Morgan fingerprint density at radius 3 is 2.76 bits per heavy atom. The van der Waals surface area contributed by atoms with Crippen LogP contribution in [0.5, 0.6) is 0 Å². The fourth-order valence-electron chi connectivity index (χ4n) is 1.83. The molecule has 1 aromatic heterocycles. The fraction of sp³-hybridized carbons (Fsp3) is 0.143. The lowest BCUT2D eigenvalue weighted by Gasteiger charge is -2.14. The Hall–Kier alpha value is -2.96. The lowest BCUT2D eigenvalue weighted by Crippen LogP contribution is -2.28. The molecule has 0 aliphatic heterocycles. The van der Waals surface area contributed by atoms with Gasteiger partial charge in [0.1, 0.15) is 0 Å². The first-order valence-electron chi connectivity index (χ1n) is 6.24. The van der Waals surface area contributed by atoms with E-state index >= 15 is 0 Å². The van der Waals surface area contributed by atoms with E-state index in [1.54, 1.807) is 25.3 Å². The average molecular weight is 286 g/mol. The zero-order valence-electron chi connectivity index (χ0n) is 11.3. The third-order valence-corrected chi connectivity index (χ3v) is 2.97. The van der Waals surface area contributed by atoms with Crippen molar-refractivity contribution in [3.63, 3.8) is 0 Å². The molecule has 1 amide bonds. The second kappa shape index (κ2) is 6.00. The number of pyridine rings is 1. The molecule has 3 N–H and O–H groups in total. The summed E-state index contributed by atoms with van der Waals surface area (Å²) in [4.78, 5) is 26.5. The molecule has 0 spiro atoms. The Morgan fingerprint density at radius 2 is 2.14 bits per heavy atom. The number of non-ortho nitro benzene ring substituents is 1. The van der Waals surface area contributed by atoms with E-state index in [2.05, 4.69) is 10.3 Å². The van der Waals surface area contributed by atoms with Crippen molar-refractivity contribution in [1.82, 2.24) is 10.3 Å². The minimum absolute atomic E-state index is 0.0759. The summed E-state index contributed by atoms with van der Waals surface area (Å²) in [5, 5.41) is 13.5. The molecule has 7 nitrogen and oxygen atoms in total. The van der Waals surface area contributed by atoms with Crippen LogP contribution < -0.4 is 11.1 Å². The van der Waals surface area contributed by atoms with Gasteiger partial charge >= 0.3 is 0 Å². The molecular formula is C14H14N4O3. The number of nitrogens with zero attached hydrogens (tertiary/aromatic N) is 2. The Kier molecular flexibility index (Phi) is 4.13. The van der Waals surface area contributed by atoms with E-state index in [4.69, 9.17) is 5.73 Å². The number of benzene rings is 1. The average Bonchev–Trinajstić information content (AvgIpc) is 2.48. The summed E-state index contributed by atoms with van der Waals surface area (Å²) in [6.45, 7) is 1.77. The zero-order valence-corrected chi connectivity index (χ0v) is 11.3. The Labute approximate surface area is 121 Å². The zero-order chi connectivity index (χ0) is 15.4. The summed E-state index contributed by atoms with van der Waals surface area (Å²) in [5.74, 6) is -0.477. The molecule has 0 fully saturated rings. The van der Waals surface area contributed by atoms with Crippen LogP contribution in [0, 0.1) is 10.1 Å². The summed E-state index contributed by atoms with van der Waals surface area (Å²) < 4.78 is 0. The lowest BCUT2D eigenvalue weighted by molar-refractivity contribution is -0.384. The Morgan fingerprint density at radius 1 is 1.38 bits per heavy atom. The van der Waals surface area contributed by atoms with Crippen LogP contribution in [0.25, 0.3) is 0 Å². The number of hydrogen-bond donors (Lipinski definition) is 2. The number of hydrogen-bond acceptors (Lipinski definition) is 5. The highest BCUT2D eigenvalue weighted by Crippen LogP contribution is 2.20. The van der Waals surface area contributed by atoms with E-state index < -0.39 is 10.8 Å². The summed E-state index contributed by atoms with van der Waals surface area (Å²) in [6, 6.07) is 8.80. The monoisotopic (exact) mass is 286 g/mol. The van der Waals surface area contributed by atoms with Crippen LogP contribution in [-0.4, -0.2) is 15.8 Å². The maximum Gasteiger partial charge on any atom is 0.270 e. The minimum Gasteiger partial charge on any atom is -0.398 e. The first kappa shape index (κ1) is 14.4. The van der Waals surface area contributed by atoms with Gasteiger partial charge in [0, 0.05) is 24.0 Å². The van der Waals surface area contributed by atoms with Crippen molar-refractivity contribution < 1.29 is 9.72 Å². The number of carbonyl (C=O) groups is 1. The van der Waals surface area contributed by atoms with Gasteiger partial charge in [-0.15, -0.1) is 0 Å². The molecule has 1 unspecified atom stereocenters. The van der Waals surface area contributed by atoms with E-state index in [0.29, 0.717) is 5.69 Å². The first-order chi connectivity index (χ1) is 9.99. The number of carbonyl (C=O) groups excluding carboxylic acids is 1. The normalized spacial score (nSPS) is 11.7. The van der Waals surface area contributed by atoms with Gasteiger partial charge in [0.25, 0.3) is 11.6 Å². The van der Waals surface area contributed by atoms with Gasteiger partial charge in [-0.05, 0) is 25.1 Å². The molecular weight excluding hydrogens is 272 g/mol. The van der Waals surface area contributed by atoms with E-state index in [1.807, 2.05) is 6.07 Å². The van der Waals surface area contributed by atoms with Crippen molar-refractivity contribution in [1.29, 1.82) is 0 Å². The van der Waals surface area contributed by atoms with Crippen LogP contribution in [0.15, 0.2) is 42.6 Å². The van der Waals surface area contributed by atoms with Gasteiger partial charge in [-0.2, -0.15) is 0 Å². The molecule has 0 saturated carbocycles. The molecule has 0 aliphatic rings. The van der Waals surface area contributed by atoms with Crippen LogP contribution >= 0.6 is 0 Å². The molecule has 0 saturated heterocycles. The topological polar surface area (TPSA) is 111 Å². The number of nitrogens with two attached hydrogens (primary N) is 1. The van der Waals surface area contributed by atoms with E-state index in [0.717, 1.165) is 6.07 Å². The third-order valence-electron chi connectivity index (χ3n) is 2.97. The van der Waals surface area contributed by atoms with Crippen molar-refractivity contribution in [2.45, 2.75) is 13.0 Å². The van der Waals surface area contributed by atoms with E-state index in [1.165, 1.54) is 12.1 Å². The molecule has 1 aromatic carbocycles. The minimum atomic E-state index is -0.571. The highest BCUT2D eigenvalue weighted by Gasteiger charge is 2.17. The SMILES string of the molecule is CC(NC(=O)c1cc([N+](=O)[O-])ccc1N)c1ccccn1. The lowest BCUT2D eigenvalue weighted by atomic mass is 10.1. The molecule has 1 heterocycles. The van der Waals surface area contributed by atoms with Crippen LogP contribution in [0.4, 0.5) is 11.4 Å². The van der Waals surface area contributed by atoms with Gasteiger partial charge < -0.3 is 11.1 Å². The standard InChI is InChI=1S/C14H14N4O3/c1-9(13-4-2-3-7-16-13)17-14(19)11-8-10(18(20)21)5-6-12(11)15/h2-9H,15H2,1H3,(H,17,19). The smallest absolute Gasteiger partial charge is 0.270 e. The third kappa shape index (κ3) is 3.33. The number of rotatable bonds is 4. The number of nitrogens with one attached hydrogen (secondary N) is 1. The van der Waals surface area contributed by atoms with Gasteiger partial charge in [0.15, 0.2) is 0 Å². The number of nitro groups is 1. The number of nitrogen functional groups attached to an aromatic ring is 1. The summed E-state index contributed by atoms with van der Waals surface area (Å²) >= 11 is 0. The number of aromatic nitrogens is 1.